The number of fused-ring (bicyclic) bond motifs is 1. The van der Waals surface area contributed by atoms with Gasteiger partial charge in [0.15, 0.2) is 0 Å². The van der Waals surface area contributed by atoms with E-state index in [1.54, 1.807) is 0 Å². The highest BCUT2D eigenvalue weighted by Gasteiger charge is 2.45. The third kappa shape index (κ3) is 3.34. The van der Waals surface area contributed by atoms with Crippen molar-refractivity contribution >= 4 is 5.97 Å². The monoisotopic (exact) mass is 328 g/mol. The predicted molar refractivity (Wildman–Crippen MR) is 76.6 cm³/mol. The molecule has 0 aromatic carbocycles. The van der Waals surface area contributed by atoms with E-state index in [4.69, 9.17) is 0 Å². The van der Waals surface area contributed by atoms with Gasteiger partial charge in [-0.3, -0.25) is 14.7 Å². The van der Waals surface area contributed by atoms with Gasteiger partial charge in [-0.1, -0.05) is 12.8 Å². The smallest absolute Gasteiger partial charge is 0.417 e. The molecule has 7 heteroatoms. The van der Waals surface area contributed by atoms with Crippen LogP contribution in [-0.2, 0) is 17.5 Å². The average molecular weight is 328 g/mol. The Kier molecular flexibility index (Phi) is 4.31. The highest BCUT2D eigenvalue weighted by molar-refractivity contribution is 5.74. The summed E-state index contributed by atoms with van der Waals surface area (Å²) in [6, 6.07) is 1.99. The van der Waals surface area contributed by atoms with Gasteiger partial charge in [0.25, 0.3) is 0 Å². The Morgan fingerprint density at radius 2 is 2.04 bits per heavy atom. The molecule has 2 aliphatic rings. The van der Waals surface area contributed by atoms with Crippen molar-refractivity contribution in [2.24, 2.45) is 5.92 Å². The van der Waals surface area contributed by atoms with Gasteiger partial charge in [0, 0.05) is 18.8 Å². The van der Waals surface area contributed by atoms with Gasteiger partial charge in [0.1, 0.15) is 6.04 Å². The maximum Gasteiger partial charge on any atom is 0.417 e. The van der Waals surface area contributed by atoms with Crippen LogP contribution in [0.3, 0.4) is 0 Å². The van der Waals surface area contributed by atoms with Gasteiger partial charge in [-0.05, 0) is 37.3 Å². The molecule has 1 N–H and O–H groups in total. The van der Waals surface area contributed by atoms with Gasteiger partial charge >= 0.3 is 12.1 Å². The number of halogens is 3. The number of aliphatic carboxylic acids is 1. The first-order valence-corrected chi connectivity index (χ1v) is 7.87. The molecule has 1 saturated heterocycles. The summed E-state index contributed by atoms with van der Waals surface area (Å²) >= 11 is 0. The summed E-state index contributed by atoms with van der Waals surface area (Å²) in [5, 5.41) is 9.45. The van der Waals surface area contributed by atoms with Gasteiger partial charge in [0.05, 0.1) is 11.3 Å². The number of carboxylic acid groups (broad SMARTS) is 1. The van der Waals surface area contributed by atoms with E-state index in [0.29, 0.717) is 18.0 Å². The number of pyridine rings is 1. The summed E-state index contributed by atoms with van der Waals surface area (Å²) in [7, 11) is 0. The molecule has 4 nitrogen and oxygen atoms in total. The Labute approximate surface area is 132 Å². The Hall–Kier alpha value is -1.63. The van der Waals surface area contributed by atoms with Gasteiger partial charge < -0.3 is 5.11 Å². The highest BCUT2D eigenvalue weighted by atomic mass is 19.4. The summed E-state index contributed by atoms with van der Waals surface area (Å²) in [6.07, 6.45) is 1.22. The molecule has 1 saturated carbocycles. The Morgan fingerprint density at radius 1 is 1.30 bits per heavy atom. The van der Waals surface area contributed by atoms with E-state index in [1.165, 1.54) is 6.07 Å². The van der Waals surface area contributed by atoms with Crippen molar-refractivity contribution in [3.63, 3.8) is 0 Å². The lowest BCUT2D eigenvalue weighted by molar-refractivity contribution is -0.143. The standard InChI is InChI=1S/C16H19F3N2O2/c17-16(18,19)11-5-6-12(20-8-11)9-21-13-4-2-1-3-10(13)7-14(21)15(22)23/h5-6,8,10,13-14H,1-4,7,9H2,(H,22,23). The number of rotatable bonds is 3. The van der Waals surface area contributed by atoms with E-state index in [-0.39, 0.29) is 12.6 Å². The third-order valence-corrected chi connectivity index (χ3v) is 5.00. The molecule has 3 rings (SSSR count). The van der Waals surface area contributed by atoms with E-state index in [2.05, 4.69) is 4.98 Å². The molecule has 23 heavy (non-hydrogen) atoms. The minimum Gasteiger partial charge on any atom is -0.480 e. The van der Waals surface area contributed by atoms with E-state index in [1.807, 2.05) is 4.90 Å². The van der Waals surface area contributed by atoms with E-state index >= 15 is 0 Å². The van der Waals surface area contributed by atoms with Crippen LogP contribution in [-0.4, -0.2) is 33.0 Å². The van der Waals surface area contributed by atoms with Crippen molar-refractivity contribution < 1.29 is 23.1 Å². The van der Waals surface area contributed by atoms with Crippen molar-refractivity contribution in [2.75, 3.05) is 0 Å². The first-order chi connectivity index (χ1) is 10.9. The molecule has 3 unspecified atom stereocenters. The fourth-order valence-corrected chi connectivity index (χ4v) is 3.90. The van der Waals surface area contributed by atoms with Crippen molar-refractivity contribution in [1.29, 1.82) is 0 Å². The molecular weight excluding hydrogens is 309 g/mol. The van der Waals surface area contributed by atoms with Gasteiger partial charge in [0.2, 0.25) is 0 Å². The SMILES string of the molecule is O=C(O)C1CC2CCCCC2N1Cc1ccc(C(F)(F)F)cn1. The fraction of sp³-hybridized carbons (Fsp3) is 0.625. The van der Waals surface area contributed by atoms with Crippen LogP contribution in [0.4, 0.5) is 13.2 Å². The minimum absolute atomic E-state index is 0.203. The van der Waals surface area contributed by atoms with Crippen LogP contribution in [0.15, 0.2) is 18.3 Å². The molecule has 1 aromatic rings. The zero-order valence-electron chi connectivity index (χ0n) is 12.6. The zero-order chi connectivity index (χ0) is 16.6. The Morgan fingerprint density at radius 3 is 2.65 bits per heavy atom. The number of carboxylic acids is 1. The summed E-state index contributed by atoms with van der Waals surface area (Å²) in [5.74, 6) is -0.481. The van der Waals surface area contributed by atoms with Crippen LogP contribution in [0.25, 0.3) is 0 Å². The summed E-state index contributed by atoms with van der Waals surface area (Å²) in [5.41, 5.74) is -0.302. The van der Waals surface area contributed by atoms with Crippen LogP contribution < -0.4 is 0 Å². The third-order valence-electron chi connectivity index (χ3n) is 5.00. The van der Waals surface area contributed by atoms with Crippen LogP contribution in [0.5, 0.6) is 0 Å². The molecule has 0 radical (unpaired) electrons. The van der Waals surface area contributed by atoms with Gasteiger partial charge in [-0.15, -0.1) is 0 Å². The molecule has 126 valence electrons. The number of hydrogen-bond acceptors (Lipinski definition) is 3. The Balaban J connectivity index is 1.77. The van der Waals surface area contributed by atoms with Crippen molar-refractivity contribution in [3.05, 3.63) is 29.6 Å². The molecule has 1 aliphatic carbocycles. The number of alkyl halides is 3. The average Bonchev–Trinajstić information content (AvgIpc) is 2.86. The second kappa shape index (κ2) is 6.11. The van der Waals surface area contributed by atoms with Gasteiger partial charge in [-0.2, -0.15) is 13.2 Å². The molecule has 3 atom stereocenters. The minimum atomic E-state index is -4.41. The molecule has 0 spiro atoms. The normalized spacial score (nSPS) is 28.6. The predicted octanol–water partition coefficient (Wildman–Crippen LogP) is 3.32. The van der Waals surface area contributed by atoms with Gasteiger partial charge in [-0.25, -0.2) is 0 Å². The fourth-order valence-electron chi connectivity index (χ4n) is 3.90. The lowest BCUT2D eigenvalue weighted by atomic mass is 9.85. The van der Waals surface area contributed by atoms with Crippen molar-refractivity contribution in [1.82, 2.24) is 9.88 Å². The molecule has 1 aromatic heterocycles. The number of nitrogens with zero attached hydrogens (tertiary/aromatic N) is 2. The van der Waals surface area contributed by atoms with Crippen LogP contribution in [0.1, 0.15) is 43.4 Å². The number of hydrogen-bond donors (Lipinski definition) is 1. The zero-order valence-corrected chi connectivity index (χ0v) is 12.6. The quantitative estimate of drug-likeness (QED) is 0.925. The molecule has 1 aliphatic heterocycles. The topological polar surface area (TPSA) is 53.4 Å². The van der Waals surface area contributed by atoms with Crippen molar-refractivity contribution in [2.45, 2.75) is 56.9 Å². The molecule has 2 heterocycles. The largest absolute Gasteiger partial charge is 0.480 e. The summed E-state index contributed by atoms with van der Waals surface area (Å²) < 4.78 is 37.8. The van der Waals surface area contributed by atoms with E-state index < -0.39 is 23.8 Å². The molecule has 0 amide bonds. The lowest BCUT2D eigenvalue weighted by Crippen LogP contribution is -2.41. The Bertz CT molecular complexity index is 574. The second-order valence-corrected chi connectivity index (χ2v) is 6.41. The number of aromatic nitrogens is 1. The van der Waals surface area contributed by atoms with Crippen LogP contribution >= 0.6 is 0 Å². The van der Waals surface area contributed by atoms with Crippen molar-refractivity contribution in [3.8, 4) is 0 Å². The molecule has 2 fully saturated rings. The first-order valence-electron chi connectivity index (χ1n) is 7.87. The lowest BCUT2D eigenvalue weighted by Gasteiger charge is -2.32. The number of likely N-dealkylation sites (tertiary alicyclic amines) is 1. The van der Waals surface area contributed by atoms with E-state index in [0.717, 1.165) is 37.9 Å². The molecular formula is C16H19F3N2O2. The highest BCUT2D eigenvalue weighted by Crippen LogP contribution is 2.40. The first kappa shape index (κ1) is 16.2. The van der Waals surface area contributed by atoms with Crippen LogP contribution in [0.2, 0.25) is 0 Å². The molecule has 0 bridgehead atoms. The second-order valence-electron chi connectivity index (χ2n) is 6.41. The maximum absolute atomic E-state index is 12.6. The van der Waals surface area contributed by atoms with Crippen LogP contribution in [0, 0.1) is 5.92 Å². The maximum atomic E-state index is 12.6. The van der Waals surface area contributed by atoms with E-state index in [9.17, 15) is 23.1 Å². The summed E-state index contributed by atoms with van der Waals surface area (Å²) in [4.78, 5) is 17.3. The number of carbonyl (C=O) groups is 1. The summed E-state index contributed by atoms with van der Waals surface area (Å²) in [6.45, 7) is 0.288.